The van der Waals surface area contributed by atoms with Crippen LogP contribution in [0.15, 0.2) is 12.1 Å². The molecule has 1 atom stereocenters. The minimum absolute atomic E-state index is 0.172. The summed E-state index contributed by atoms with van der Waals surface area (Å²) in [5.41, 5.74) is 7.20. The highest BCUT2D eigenvalue weighted by atomic mass is 35.5. The Hall–Kier alpha value is -1.30. The van der Waals surface area contributed by atoms with Crippen molar-refractivity contribution in [2.24, 2.45) is 5.73 Å². The summed E-state index contributed by atoms with van der Waals surface area (Å²) >= 11 is 6.06. The highest BCUT2D eigenvalue weighted by molar-refractivity contribution is 6.31. The number of carboxylic acid groups (broad SMARTS) is 1. The van der Waals surface area contributed by atoms with Crippen molar-refractivity contribution in [3.63, 3.8) is 0 Å². The van der Waals surface area contributed by atoms with Gasteiger partial charge in [-0.3, -0.25) is 4.79 Å². The molecule has 1 unspecified atom stereocenters. The van der Waals surface area contributed by atoms with Gasteiger partial charge in [-0.25, -0.2) is 0 Å². The molecule has 92 valence electrons. The van der Waals surface area contributed by atoms with Gasteiger partial charge in [0.2, 0.25) is 0 Å². The fourth-order valence-corrected chi connectivity index (χ4v) is 2.02. The molecule has 0 saturated heterocycles. The van der Waals surface area contributed by atoms with Gasteiger partial charge in [-0.1, -0.05) is 11.6 Å². The van der Waals surface area contributed by atoms with E-state index in [0.29, 0.717) is 22.9 Å². The molecule has 5 nitrogen and oxygen atoms in total. The molecule has 0 aromatic heterocycles. The molecule has 0 amide bonds. The molecule has 0 bridgehead atoms. The van der Waals surface area contributed by atoms with Crippen LogP contribution in [0.5, 0.6) is 5.75 Å². The van der Waals surface area contributed by atoms with E-state index in [-0.39, 0.29) is 13.2 Å². The molecule has 1 aliphatic heterocycles. The first-order valence-electron chi connectivity index (χ1n) is 5.08. The average Bonchev–Trinajstić information content (AvgIpc) is 2.27. The van der Waals surface area contributed by atoms with E-state index < -0.39 is 12.0 Å². The molecule has 6 heteroatoms. The number of benzene rings is 1. The molecule has 0 spiro atoms. The number of ether oxygens (including phenoxy) is 2. The number of nitrogens with two attached hydrogens (primary N) is 1. The summed E-state index contributed by atoms with van der Waals surface area (Å²) in [4.78, 5) is 10.6. The molecule has 0 aliphatic carbocycles. The maximum absolute atomic E-state index is 10.6. The summed E-state index contributed by atoms with van der Waals surface area (Å²) in [6.45, 7) is 0.617. The third-order valence-corrected chi connectivity index (χ3v) is 2.86. The monoisotopic (exact) mass is 257 g/mol. The number of carboxylic acids is 1. The Morgan fingerprint density at radius 2 is 2.35 bits per heavy atom. The van der Waals surface area contributed by atoms with Crippen LogP contribution in [0.3, 0.4) is 0 Å². The number of carbonyl (C=O) groups is 1. The molecule has 1 aliphatic rings. The summed E-state index contributed by atoms with van der Waals surface area (Å²) in [5.74, 6) is -0.313. The Bertz CT molecular complexity index is 449. The topological polar surface area (TPSA) is 81.8 Å². The first-order valence-corrected chi connectivity index (χ1v) is 5.46. The highest BCUT2D eigenvalue weighted by Gasteiger charge is 2.19. The standard InChI is InChI=1S/C11H12ClNO4/c12-8-1-6-4-16-5-17-10(6)2-7(8)9(13)3-11(14)15/h1-2,9H,3-5,13H2,(H,14,15). The normalized spacial score (nSPS) is 15.9. The van der Waals surface area contributed by atoms with E-state index in [0.717, 1.165) is 5.56 Å². The third kappa shape index (κ3) is 2.69. The summed E-state index contributed by atoms with van der Waals surface area (Å²) in [6, 6.07) is 2.75. The Morgan fingerprint density at radius 1 is 1.59 bits per heavy atom. The zero-order valence-electron chi connectivity index (χ0n) is 8.98. The second kappa shape index (κ2) is 4.91. The summed E-state index contributed by atoms with van der Waals surface area (Å²) in [5, 5.41) is 9.14. The van der Waals surface area contributed by atoms with E-state index in [2.05, 4.69) is 0 Å². The lowest BCUT2D eigenvalue weighted by Crippen LogP contribution is -2.17. The molecule has 0 radical (unpaired) electrons. The van der Waals surface area contributed by atoms with Crippen molar-refractivity contribution in [3.05, 3.63) is 28.3 Å². The molecule has 3 N–H and O–H groups in total. The smallest absolute Gasteiger partial charge is 0.305 e. The van der Waals surface area contributed by atoms with Gasteiger partial charge in [-0.05, 0) is 17.7 Å². The van der Waals surface area contributed by atoms with Crippen LogP contribution in [0, 0.1) is 0 Å². The average molecular weight is 258 g/mol. The van der Waals surface area contributed by atoms with Crippen LogP contribution >= 0.6 is 11.6 Å². The number of fused-ring (bicyclic) bond motifs is 1. The number of hydrogen-bond donors (Lipinski definition) is 2. The van der Waals surface area contributed by atoms with Crippen LogP contribution in [0.4, 0.5) is 0 Å². The SMILES string of the molecule is NC(CC(=O)O)c1cc2c(cc1Cl)COCO2. The summed E-state index contributed by atoms with van der Waals surface area (Å²) in [7, 11) is 0. The summed E-state index contributed by atoms with van der Waals surface area (Å²) < 4.78 is 10.4. The van der Waals surface area contributed by atoms with Gasteiger partial charge in [0.1, 0.15) is 5.75 Å². The largest absolute Gasteiger partial charge is 0.481 e. The van der Waals surface area contributed by atoms with Crippen molar-refractivity contribution in [2.75, 3.05) is 6.79 Å². The predicted molar refractivity (Wildman–Crippen MR) is 60.9 cm³/mol. The van der Waals surface area contributed by atoms with Crippen molar-refractivity contribution >= 4 is 17.6 Å². The van der Waals surface area contributed by atoms with Crippen molar-refractivity contribution in [1.82, 2.24) is 0 Å². The molecule has 1 aromatic rings. The van der Waals surface area contributed by atoms with Gasteiger partial charge < -0.3 is 20.3 Å². The van der Waals surface area contributed by atoms with E-state index >= 15 is 0 Å². The van der Waals surface area contributed by atoms with E-state index in [1.807, 2.05) is 0 Å². The minimum atomic E-state index is -0.962. The van der Waals surface area contributed by atoms with Crippen LogP contribution in [0.2, 0.25) is 5.02 Å². The number of halogens is 1. The highest BCUT2D eigenvalue weighted by Crippen LogP contribution is 2.33. The van der Waals surface area contributed by atoms with Gasteiger partial charge >= 0.3 is 5.97 Å². The lowest BCUT2D eigenvalue weighted by Gasteiger charge is -2.21. The summed E-state index contributed by atoms with van der Waals surface area (Å²) in [6.07, 6.45) is -0.172. The van der Waals surface area contributed by atoms with Crippen LogP contribution in [-0.2, 0) is 16.1 Å². The lowest BCUT2D eigenvalue weighted by molar-refractivity contribution is -0.137. The second-order valence-electron chi connectivity index (χ2n) is 3.80. The van der Waals surface area contributed by atoms with Crippen LogP contribution in [0.1, 0.15) is 23.6 Å². The molecule has 0 saturated carbocycles. The molecule has 0 fully saturated rings. The van der Waals surface area contributed by atoms with Crippen LogP contribution in [0.25, 0.3) is 0 Å². The Balaban J connectivity index is 2.31. The first kappa shape index (κ1) is 12.2. The maximum Gasteiger partial charge on any atom is 0.305 e. The molecule has 1 heterocycles. The third-order valence-electron chi connectivity index (χ3n) is 2.53. The minimum Gasteiger partial charge on any atom is -0.481 e. The van der Waals surface area contributed by atoms with Crippen molar-refractivity contribution < 1.29 is 19.4 Å². The van der Waals surface area contributed by atoms with Crippen molar-refractivity contribution in [3.8, 4) is 5.75 Å². The number of hydrogen-bond acceptors (Lipinski definition) is 4. The molecule has 2 rings (SSSR count). The van der Waals surface area contributed by atoms with Crippen LogP contribution in [-0.4, -0.2) is 17.9 Å². The van der Waals surface area contributed by atoms with Crippen LogP contribution < -0.4 is 10.5 Å². The Labute approximate surface area is 103 Å². The van der Waals surface area contributed by atoms with E-state index in [1.54, 1.807) is 12.1 Å². The molecular formula is C11H12ClNO4. The quantitative estimate of drug-likeness (QED) is 0.861. The van der Waals surface area contributed by atoms with Gasteiger partial charge in [0.05, 0.1) is 13.0 Å². The van der Waals surface area contributed by atoms with Gasteiger partial charge in [-0.2, -0.15) is 0 Å². The van der Waals surface area contributed by atoms with Crippen molar-refractivity contribution in [2.45, 2.75) is 19.1 Å². The van der Waals surface area contributed by atoms with Gasteiger partial charge in [0, 0.05) is 16.6 Å². The fraction of sp³-hybridized carbons (Fsp3) is 0.364. The van der Waals surface area contributed by atoms with E-state index in [9.17, 15) is 4.79 Å². The zero-order valence-corrected chi connectivity index (χ0v) is 9.74. The maximum atomic E-state index is 10.6. The number of rotatable bonds is 3. The van der Waals surface area contributed by atoms with Crippen molar-refractivity contribution in [1.29, 1.82) is 0 Å². The first-order chi connectivity index (χ1) is 8.08. The van der Waals surface area contributed by atoms with E-state index in [4.69, 9.17) is 31.9 Å². The zero-order chi connectivity index (χ0) is 12.4. The fourth-order valence-electron chi connectivity index (χ4n) is 1.70. The van der Waals surface area contributed by atoms with Gasteiger partial charge in [-0.15, -0.1) is 0 Å². The second-order valence-corrected chi connectivity index (χ2v) is 4.20. The number of aliphatic carboxylic acids is 1. The van der Waals surface area contributed by atoms with Gasteiger partial charge in [0.25, 0.3) is 0 Å². The Morgan fingerprint density at radius 3 is 3.06 bits per heavy atom. The molecule has 17 heavy (non-hydrogen) atoms. The molecule has 1 aromatic carbocycles. The molecular weight excluding hydrogens is 246 g/mol. The Kier molecular flexibility index (Phi) is 3.51. The van der Waals surface area contributed by atoms with E-state index in [1.165, 1.54) is 0 Å². The van der Waals surface area contributed by atoms with Gasteiger partial charge in [0.15, 0.2) is 6.79 Å². The lowest BCUT2D eigenvalue weighted by atomic mass is 10.0. The predicted octanol–water partition coefficient (Wildman–Crippen LogP) is 1.68.